The Hall–Kier alpha value is -1.81. The first-order valence-corrected chi connectivity index (χ1v) is 5.47. The number of hydrogen-bond acceptors (Lipinski definition) is 3. The van der Waals surface area contributed by atoms with Gasteiger partial charge in [0.05, 0.1) is 0 Å². The van der Waals surface area contributed by atoms with Crippen LogP contribution in [0.5, 0.6) is 0 Å². The van der Waals surface area contributed by atoms with Crippen molar-refractivity contribution in [2.75, 3.05) is 7.05 Å². The molecule has 0 spiro atoms. The van der Waals surface area contributed by atoms with Gasteiger partial charge in [0.15, 0.2) is 0 Å². The summed E-state index contributed by atoms with van der Waals surface area (Å²) in [6, 6.07) is 6.83. The molecule has 1 unspecified atom stereocenters. The molecule has 0 aliphatic heterocycles. The van der Waals surface area contributed by atoms with Crippen LogP contribution < -0.4 is 5.32 Å². The highest BCUT2D eigenvalue weighted by Gasteiger charge is 2.12. The average molecular weight is 231 g/mol. The van der Waals surface area contributed by atoms with Crippen molar-refractivity contribution in [3.8, 4) is 0 Å². The van der Waals surface area contributed by atoms with Crippen LogP contribution >= 0.6 is 0 Å². The highest BCUT2D eigenvalue weighted by atomic mass is 19.1. The van der Waals surface area contributed by atoms with E-state index in [1.165, 1.54) is 12.4 Å². The number of benzene rings is 1. The van der Waals surface area contributed by atoms with E-state index in [1.807, 2.05) is 13.1 Å². The molecule has 1 N–H and O–H groups in total. The molecule has 1 heterocycles. The second-order valence-corrected chi connectivity index (χ2v) is 3.81. The summed E-state index contributed by atoms with van der Waals surface area (Å²) in [7, 11) is 1.85. The van der Waals surface area contributed by atoms with Crippen molar-refractivity contribution in [3.63, 3.8) is 0 Å². The lowest BCUT2D eigenvalue weighted by Crippen LogP contribution is -2.19. The summed E-state index contributed by atoms with van der Waals surface area (Å²) in [4.78, 5) is 7.95. The van der Waals surface area contributed by atoms with E-state index in [0.29, 0.717) is 12.0 Å². The van der Waals surface area contributed by atoms with E-state index in [4.69, 9.17) is 0 Å². The predicted molar refractivity (Wildman–Crippen MR) is 63.9 cm³/mol. The molecule has 0 saturated heterocycles. The summed E-state index contributed by atoms with van der Waals surface area (Å²) in [5, 5.41) is 3.15. The fraction of sp³-hybridized carbons (Fsp3) is 0.231. The second kappa shape index (κ2) is 5.50. The van der Waals surface area contributed by atoms with Gasteiger partial charge in [0.1, 0.15) is 12.1 Å². The van der Waals surface area contributed by atoms with Crippen LogP contribution in [0.4, 0.5) is 4.39 Å². The second-order valence-electron chi connectivity index (χ2n) is 3.81. The molecule has 0 saturated carbocycles. The van der Waals surface area contributed by atoms with Gasteiger partial charge in [-0.05, 0) is 25.1 Å². The molecule has 0 aliphatic rings. The number of likely N-dealkylation sites (N-methyl/N-ethyl adjacent to an activating group) is 1. The van der Waals surface area contributed by atoms with Gasteiger partial charge in [0.2, 0.25) is 0 Å². The van der Waals surface area contributed by atoms with Gasteiger partial charge in [-0.25, -0.2) is 14.4 Å². The van der Waals surface area contributed by atoms with Crippen LogP contribution in [0.25, 0.3) is 0 Å². The van der Waals surface area contributed by atoms with Crippen LogP contribution in [0.15, 0.2) is 43.0 Å². The Balaban J connectivity index is 2.19. The minimum absolute atomic E-state index is 0.0214. The number of halogens is 1. The molecule has 0 aliphatic carbocycles. The van der Waals surface area contributed by atoms with Gasteiger partial charge in [0.25, 0.3) is 0 Å². The van der Waals surface area contributed by atoms with Crippen LogP contribution in [0, 0.1) is 5.82 Å². The first kappa shape index (κ1) is 11.7. The molecule has 4 heteroatoms. The van der Waals surface area contributed by atoms with E-state index in [1.54, 1.807) is 24.5 Å². The van der Waals surface area contributed by atoms with E-state index in [-0.39, 0.29) is 11.9 Å². The molecule has 1 aromatic carbocycles. The number of rotatable bonds is 4. The highest BCUT2D eigenvalue weighted by Crippen LogP contribution is 2.18. The zero-order valence-electron chi connectivity index (χ0n) is 9.60. The Bertz CT molecular complexity index is 473. The third kappa shape index (κ3) is 2.85. The van der Waals surface area contributed by atoms with Gasteiger partial charge < -0.3 is 5.32 Å². The summed E-state index contributed by atoms with van der Waals surface area (Å²) >= 11 is 0. The molecule has 1 atom stereocenters. The maximum absolute atomic E-state index is 13.5. The third-order valence-corrected chi connectivity index (χ3v) is 2.71. The van der Waals surface area contributed by atoms with Gasteiger partial charge in [-0.15, -0.1) is 0 Å². The smallest absolute Gasteiger partial charge is 0.126 e. The maximum atomic E-state index is 13.5. The van der Waals surface area contributed by atoms with Gasteiger partial charge in [-0.3, -0.25) is 0 Å². The highest BCUT2D eigenvalue weighted by molar-refractivity contribution is 5.21. The summed E-state index contributed by atoms with van der Waals surface area (Å²) in [5.41, 5.74) is 1.65. The van der Waals surface area contributed by atoms with Crippen molar-refractivity contribution in [2.45, 2.75) is 12.5 Å². The zero-order chi connectivity index (χ0) is 12.1. The summed E-state index contributed by atoms with van der Waals surface area (Å²) in [5.74, 6) is -0.176. The van der Waals surface area contributed by atoms with Crippen LogP contribution in [-0.4, -0.2) is 17.0 Å². The van der Waals surface area contributed by atoms with Crippen molar-refractivity contribution in [3.05, 3.63) is 59.9 Å². The summed E-state index contributed by atoms with van der Waals surface area (Å²) in [6.07, 6.45) is 5.56. The van der Waals surface area contributed by atoms with Crippen molar-refractivity contribution in [1.82, 2.24) is 15.3 Å². The molecule has 88 valence electrons. The lowest BCUT2D eigenvalue weighted by atomic mass is 10.0. The summed E-state index contributed by atoms with van der Waals surface area (Å²) in [6.45, 7) is 0. The number of hydrogen-bond donors (Lipinski definition) is 1. The number of aromatic nitrogens is 2. The number of nitrogens with one attached hydrogen (secondary N) is 1. The molecule has 3 nitrogen and oxygen atoms in total. The van der Waals surface area contributed by atoms with Crippen molar-refractivity contribution in [1.29, 1.82) is 0 Å². The van der Waals surface area contributed by atoms with E-state index in [2.05, 4.69) is 15.3 Å². The Morgan fingerprint density at radius 3 is 2.59 bits per heavy atom. The van der Waals surface area contributed by atoms with E-state index >= 15 is 0 Å². The minimum Gasteiger partial charge on any atom is -0.313 e. The molecule has 0 amide bonds. The fourth-order valence-electron chi connectivity index (χ4n) is 1.76. The van der Waals surface area contributed by atoms with Gasteiger partial charge in [-0.2, -0.15) is 0 Å². The van der Waals surface area contributed by atoms with Crippen LogP contribution in [0.3, 0.4) is 0 Å². The molecule has 0 radical (unpaired) electrons. The average Bonchev–Trinajstić information content (AvgIpc) is 2.39. The van der Waals surface area contributed by atoms with E-state index in [9.17, 15) is 4.39 Å². The fourth-order valence-corrected chi connectivity index (χ4v) is 1.76. The molecule has 0 fully saturated rings. The number of nitrogens with zero attached hydrogens (tertiary/aromatic N) is 2. The topological polar surface area (TPSA) is 37.8 Å². The maximum Gasteiger partial charge on any atom is 0.126 e. The first-order valence-electron chi connectivity index (χ1n) is 5.47. The van der Waals surface area contributed by atoms with Crippen molar-refractivity contribution in [2.24, 2.45) is 0 Å². The SMILES string of the molecule is CNC(Cc1ccccc1F)c1cncnc1. The standard InChI is InChI=1S/C13H14FN3/c1-15-13(11-7-16-9-17-8-11)6-10-4-2-3-5-12(10)14/h2-5,7-9,13,15H,6H2,1H3. The zero-order valence-corrected chi connectivity index (χ0v) is 9.60. The lowest BCUT2D eigenvalue weighted by Gasteiger charge is -2.16. The van der Waals surface area contributed by atoms with Gasteiger partial charge in [0, 0.05) is 24.0 Å². The Morgan fingerprint density at radius 1 is 1.24 bits per heavy atom. The molecule has 1 aromatic heterocycles. The van der Waals surface area contributed by atoms with Crippen molar-refractivity contribution < 1.29 is 4.39 Å². The lowest BCUT2D eigenvalue weighted by molar-refractivity contribution is 0.552. The largest absolute Gasteiger partial charge is 0.313 e. The van der Waals surface area contributed by atoms with E-state index in [0.717, 1.165) is 5.56 Å². The molecule has 17 heavy (non-hydrogen) atoms. The normalized spacial score (nSPS) is 12.4. The molecule has 2 rings (SSSR count). The third-order valence-electron chi connectivity index (χ3n) is 2.71. The summed E-state index contributed by atoms with van der Waals surface area (Å²) < 4.78 is 13.5. The molecular weight excluding hydrogens is 217 g/mol. The molecular formula is C13H14FN3. The van der Waals surface area contributed by atoms with Crippen molar-refractivity contribution >= 4 is 0 Å². The van der Waals surface area contributed by atoms with Gasteiger partial charge in [-0.1, -0.05) is 18.2 Å². The van der Waals surface area contributed by atoms with Crippen LogP contribution in [0.1, 0.15) is 17.2 Å². The minimum atomic E-state index is -0.176. The Kier molecular flexibility index (Phi) is 3.77. The molecule has 2 aromatic rings. The predicted octanol–water partition coefficient (Wildman–Crippen LogP) is 2.12. The quantitative estimate of drug-likeness (QED) is 0.875. The monoisotopic (exact) mass is 231 g/mol. The van der Waals surface area contributed by atoms with E-state index < -0.39 is 0 Å². The Labute approximate surface area is 99.7 Å². The van der Waals surface area contributed by atoms with Crippen LogP contribution in [-0.2, 0) is 6.42 Å². The van der Waals surface area contributed by atoms with Crippen LogP contribution in [0.2, 0.25) is 0 Å². The molecule has 0 bridgehead atoms. The first-order chi connectivity index (χ1) is 8.31. The van der Waals surface area contributed by atoms with Gasteiger partial charge >= 0.3 is 0 Å². The Morgan fingerprint density at radius 2 is 1.94 bits per heavy atom.